The highest BCUT2D eigenvalue weighted by Gasteiger charge is 2.28. The van der Waals surface area contributed by atoms with Crippen LogP contribution in [0.25, 0.3) is 0 Å². The second-order valence-corrected chi connectivity index (χ2v) is 8.35. The molecule has 1 saturated heterocycles. The maximum Gasteiger partial charge on any atom is 0.255 e. The molecule has 0 unspecified atom stereocenters. The molecule has 6 heteroatoms. The summed E-state index contributed by atoms with van der Waals surface area (Å²) < 4.78 is 17.2. The molecular weight excluding hydrogens is 380 g/mol. The predicted octanol–water partition coefficient (Wildman–Crippen LogP) is 4.31. The predicted molar refractivity (Wildman–Crippen MR) is 115 cm³/mol. The number of benzene rings is 1. The maximum absolute atomic E-state index is 12.9. The zero-order valence-electron chi connectivity index (χ0n) is 18.0. The van der Waals surface area contributed by atoms with Gasteiger partial charge in [0.1, 0.15) is 29.1 Å². The number of hydrogen-bond donors (Lipinski definition) is 1. The molecule has 0 radical (unpaired) electrons. The molecule has 0 bridgehead atoms. The number of amides is 1. The average molecular weight is 413 g/mol. The van der Waals surface area contributed by atoms with Gasteiger partial charge in [0, 0.05) is 19.1 Å². The topological polar surface area (TPSA) is 63.9 Å². The van der Waals surface area contributed by atoms with Crippen LogP contribution in [0.4, 0.5) is 0 Å². The van der Waals surface area contributed by atoms with E-state index in [1.54, 1.807) is 13.2 Å². The normalized spacial score (nSPS) is 18.5. The number of carbonyl (C=O) groups excluding carboxylic acids is 1. The van der Waals surface area contributed by atoms with Crippen molar-refractivity contribution in [2.24, 2.45) is 0 Å². The molecule has 2 fully saturated rings. The van der Waals surface area contributed by atoms with Gasteiger partial charge in [-0.2, -0.15) is 0 Å². The fraction of sp³-hybridized carbons (Fsp3) is 0.542. The number of rotatable bonds is 7. The van der Waals surface area contributed by atoms with Crippen molar-refractivity contribution in [2.45, 2.75) is 64.1 Å². The first-order valence-corrected chi connectivity index (χ1v) is 11.0. The number of likely N-dealkylation sites (tertiary alicyclic amines) is 1. The Morgan fingerprint density at radius 1 is 1.13 bits per heavy atom. The third-order valence-electron chi connectivity index (χ3n) is 6.26. The molecule has 2 heterocycles. The van der Waals surface area contributed by atoms with Gasteiger partial charge in [-0.3, -0.25) is 4.79 Å². The van der Waals surface area contributed by atoms with Gasteiger partial charge in [0.15, 0.2) is 0 Å². The Kier molecular flexibility index (Phi) is 6.62. The molecule has 0 atom stereocenters. The van der Waals surface area contributed by atoms with E-state index in [4.69, 9.17) is 13.9 Å². The zero-order valence-corrected chi connectivity index (χ0v) is 18.0. The summed E-state index contributed by atoms with van der Waals surface area (Å²) in [5, 5.41) is 2.93. The molecule has 2 aromatic rings. The van der Waals surface area contributed by atoms with Gasteiger partial charge in [0.2, 0.25) is 0 Å². The number of furan rings is 1. The SMILES string of the molecule is COc1ccc(OC2CCN(C3CCCC3)CC2)c(C(=O)NCc2ccc(C)o2)c1. The van der Waals surface area contributed by atoms with Gasteiger partial charge in [-0.1, -0.05) is 12.8 Å². The van der Waals surface area contributed by atoms with Crippen molar-refractivity contribution in [3.05, 3.63) is 47.4 Å². The first-order valence-electron chi connectivity index (χ1n) is 11.0. The molecule has 1 N–H and O–H groups in total. The Labute approximate surface area is 178 Å². The lowest BCUT2D eigenvalue weighted by Crippen LogP contribution is -2.43. The van der Waals surface area contributed by atoms with Gasteiger partial charge >= 0.3 is 0 Å². The first-order chi connectivity index (χ1) is 14.6. The number of aryl methyl sites for hydroxylation is 1. The van der Waals surface area contributed by atoms with E-state index in [2.05, 4.69) is 10.2 Å². The minimum absolute atomic E-state index is 0.135. The van der Waals surface area contributed by atoms with Crippen molar-refractivity contribution in [3.8, 4) is 11.5 Å². The van der Waals surface area contributed by atoms with Crippen LogP contribution in [0.15, 0.2) is 34.7 Å². The molecule has 162 valence electrons. The van der Waals surface area contributed by atoms with Gasteiger partial charge in [0.25, 0.3) is 5.91 Å². The van der Waals surface area contributed by atoms with Crippen LogP contribution in [-0.4, -0.2) is 43.2 Å². The molecule has 1 aromatic heterocycles. The molecule has 1 amide bonds. The van der Waals surface area contributed by atoms with E-state index in [1.807, 2.05) is 31.2 Å². The lowest BCUT2D eigenvalue weighted by atomic mass is 10.0. The lowest BCUT2D eigenvalue weighted by Gasteiger charge is -2.36. The molecular formula is C24H32N2O4. The number of nitrogens with one attached hydrogen (secondary N) is 1. The molecule has 1 aromatic carbocycles. The van der Waals surface area contributed by atoms with E-state index in [0.717, 1.165) is 43.5 Å². The van der Waals surface area contributed by atoms with E-state index in [9.17, 15) is 4.79 Å². The third kappa shape index (κ3) is 4.98. The molecule has 1 saturated carbocycles. The Balaban J connectivity index is 1.39. The summed E-state index contributed by atoms with van der Waals surface area (Å²) in [4.78, 5) is 15.5. The fourth-order valence-corrected chi connectivity index (χ4v) is 4.57. The van der Waals surface area contributed by atoms with Crippen molar-refractivity contribution in [2.75, 3.05) is 20.2 Å². The summed E-state index contributed by atoms with van der Waals surface area (Å²) in [6.45, 7) is 4.37. The van der Waals surface area contributed by atoms with Crippen molar-refractivity contribution >= 4 is 5.91 Å². The minimum Gasteiger partial charge on any atom is -0.497 e. The largest absolute Gasteiger partial charge is 0.497 e. The van der Waals surface area contributed by atoms with E-state index < -0.39 is 0 Å². The number of nitrogens with zero attached hydrogens (tertiary/aromatic N) is 1. The van der Waals surface area contributed by atoms with E-state index in [-0.39, 0.29) is 12.0 Å². The monoisotopic (exact) mass is 412 g/mol. The van der Waals surface area contributed by atoms with Crippen LogP contribution < -0.4 is 14.8 Å². The molecule has 0 spiro atoms. The summed E-state index contributed by atoms with van der Waals surface area (Å²) in [5.74, 6) is 2.61. The standard InChI is InChI=1S/C24H32N2O4/c1-17-7-8-21(29-17)16-25-24(27)22-15-20(28-2)9-10-23(22)30-19-11-13-26(14-12-19)18-5-3-4-6-18/h7-10,15,18-19H,3-6,11-14,16H2,1-2H3,(H,25,27). The van der Waals surface area contributed by atoms with Crippen LogP contribution in [0, 0.1) is 6.92 Å². The zero-order chi connectivity index (χ0) is 20.9. The fourth-order valence-electron chi connectivity index (χ4n) is 4.57. The summed E-state index contributed by atoms with van der Waals surface area (Å²) in [5.41, 5.74) is 0.496. The van der Waals surface area contributed by atoms with E-state index in [0.29, 0.717) is 23.6 Å². The van der Waals surface area contributed by atoms with Crippen LogP contribution >= 0.6 is 0 Å². The molecule has 2 aliphatic rings. The first kappa shape index (κ1) is 20.8. The van der Waals surface area contributed by atoms with Crippen LogP contribution in [0.5, 0.6) is 11.5 Å². The summed E-state index contributed by atoms with van der Waals surface area (Å²) in [6.07, 6.45) is 7.53. The third-order valence-corrected chi connectivity index (χ3v) is 6.26. The minimum atomic E-state index is -0.193. The van der Waals surface area contributed by atoms with Gasteiger partial charge < -0.3 is 24.1 Å². The molecule has 30 heavy (non-hydrogen) atoms. The number of ether oxygens (including phenoxy) is 2. The molecule has 1 aliphatic heterocycles. The number of piperidine rings is 1. The van der Waals surface area contributed by atoms with Crippen LogP contribution in [0.2, 0.25) is 0 Å². The Morgan fingerprint density at radius 3 is 2.57 bits per heavy atom. The van der Waals surface area contributed by atoms with Crippen LogP contribution in [-0.2, 0) is 6.54 Å². The Hall–Kier alpha value is -2.47. The van der Waals surface area contributed by atoms with E-state index in [1.165, 1.54) is 25.7 Å². The Bertz CT molecular complexity index is 849. The lowest BCUT2D eigenvalue weighted by molar-refractivity contribution is 0.0749. The quantitative estimate of drug-likeness (QED) is 0.734. The van der Waals surface area contributed by atoms with Crippen LogP contribution in [0.3, 0.4) is 0 Å². The summed E-state index contributed by atoms with van der Waals surface area (Å²) in [7, 11) is 1.60. The second-order valence-electron chi connectivity index (χ2n) is 8.35. The number of methoxy groups -OCH3 is 1. The Morgan fingerprint density at radius 2 is 1.90 bits per heavy atom. The summed E-state index contributed by atoms with van der Waals surface area (Å²) in [6, 6.07) is 9.95. The van der Waals surface area contributed by atoms with Crippen molar-refractivity contribution in [3.63, 3.8) is 0 Å². The van der Waals surface area contributed by atoms with Crippen molar-refractivity contribution < 1.29 is 18.7 Å². The highest BCUT2D eigenvalue weighted by Crippen LogP contribution is 2.30. The smallest absolute Gasteiger partial charge is 0.255 e. The summed E-state index contributed by atoms with van der Waals surface area (Å²) >= 11 is 0. The second kappa shape index (κ2) is 9.56. The van der Waals surface area contributed by atoms with Gasteiger partial charge in [-0.15, -0.1) is 0 Å². The highest BCUT2D eigenvalue weighted by molar-refractivity contribution is 5.97. The average Bonchev–Trinajstić information content (AvgIpc) is 3.45. The van der Waals surface area contributed by atoms with Crippen molar-refractivity contribution in [1.29, 1.82) is 0 Å². The molecule has 1 aliphatic carbocycles. The van der Waals surface area contributed by atoms with Crippen LogP contribution in [0.1, 0.15) is 60.4 Å². The number of carbonyl (C=O) groups is 1. The van der Waals surface area contributed by atoms with Gasteiger partial charge in [-0.25, -0.2) is 0 Å². The van der Waals surface area contributed by atoms with E-state index >= 15 is 0 Å². The van der Waals surface area contributed by atoms with Gasteiger partial charge in [-0.05, 0) is 62.9 Å². The maximum atomic E-state index is 12.9. The van der Waals surface area contributed by atoms with Crippen molar-refractivity contribution in [1.82, 2.24) is 10.2 Å². The number of hydrogen-bond acceptors (Lipinski definition) is 5. The van der Waals surface area contributed by atoms with Gasteiger partial charge in [0.05, 0.1) is 19.2 Å². The molecule has 4 rings (SSSR count). The highest BCUT2D eigenvalue weighted by atomic mass is 16.5. The molecule has 6 nitrogen and oxygen atoms in total.